The molecule has 94 valence electrons. The lowest BCUT2D eigenvalue weighted by Crippen LogP contribution is -2.61. The highest BCUT2D eigenvalue weighted by Crippen LogP contribution is 2.27. The number of likely N-dealkylation sites (N-methyl/N-ethyl adjacent to an activating group) is 1. The van der Waals surface area contributed by atoms with Crippen LogP contribution in [0, 0.1) is 0 Å². The van der Waals surface area contributed by atoms with Gasteiger partial charge < -0.3 is 9.47 Å². The summed E-state index contributed by atoms with van der Waals surface area (Å²) < 4.78 is 10.3. The van der Waals surface area contributed by atoms with Crippen molar-refractivity contribution in [3.8, 4) is 0 Å². The van der Waals surface area contributed by atoms with Crippen molar-refractivity contribution in [2.75, 3.05) is 20.7 Å². The van der Waals surface area contributed by atoms with E-state index in [4.69, 9.17) is 9.47 Å². The lowest BCUT2D eigenvalue weighted by atomic mass is 10.4. The first kappa shape index (κ1) is 11.7. The third kappa shape index (κ3) is 1.82. The molecule has 0 saturated heterocycles. The minimum Gasteiger partial charge on any atom is -0.434 e. The number of nitrogens with zero attached hydrogens (tertiary/aromatic N) is 3. The Balaban J connectivity index is 2.13. The van der Waals surface area contributed by atoms with Crippen molar-refractivity contribution < 1.29 is 18.9 Å². The van der Waals surface area contributed by atoms with Gasteiger partial charge in [0.2, 0.25) is 0 Å². The van der Waals surface area contributed by atoms with Gasteiger partial charge in [-0.05, 0) is 13.8 Å². The van der Waals surface area contributed by atoms with Crippen molar-refractivity contribution in [2.24, 2.45) is 5.10 Å². The molecule has 17 heavy (non-hydrogen) atoms. The van der Waals surface area contributed by atoms with E-state index in [1.807, 2.05) is 20.0 Å². The number of rotatable bonds is 2. The predicted octanol–water partition coefficient (Wildman–Crippen LogP) is 0.571. The molecule has 7 heteroatoms. The van der Waals surface area contributed by atoms with Crippen LogP contribution in [-0.4, -0.2) is 48.6 Å². The zero-order chi connectivity index (χ0) is 12.6. The normalized spacial score (nSPS) is 30.4. The van der Waals surface area contributed by atoms with E-state index in [0.717, 1.165) is 11.5 Å². The highest BCUT2D eigenvalue weighted by Gasteiger charge is 2.52. The fraction of sp³-hybridized carbons (Fsp3) is 0.600. The molecular formula is C10H17N4O3+. The maximum absolute atomic E-state index is 11.4. The van der Waals surface area contributed by atoms with Crippen LogP contribution in [0.2, 0.25) is 0 Å². The summed E-state index contributed by atoms with van der Waals surface area (Å²) in [5.74, 6) is 0.805. The van der Waals surface area contributed by atoms with Crippen molar-refractivity contribution in [3.63, 3.8) is 0 Å². The topological polar surface area (TPSA) is 63.2 Å². The summed E-state index contributed by atoms with van der Waals surface area (Å²) in [7, 11) is 3.64. The second kappa shape index (κ2) is 3.92. The lowest BCUT2D eigenvalue weighted by molar-refractivity contribution is -0.909. The Bertz CT molecular complexity index is 406. The molecular weight excluding hydrogens is 224 g/mol. The molecule has 0 amide bonds. The van der Waals surface area contributed by atoms with Gasteiger partial charge in [-0.3, -0.25) is 0 Å². The largest absolute Gasteiger partial charge is 0.514 e. The highest BCUT2D eigenvalue weighted by atomic mass is 16.7. The van der Waals surface area contributed by atoms with Crippen LogP contribution in [0.1, 0.15) is 13.8 Å². The molecule has 0 fully saturated rings. The summed E-state index contributed by atoms with van der Waals surface area (Å²) in [6, 6.07) is 0. The van der Waals surface area contributed by atoms with Crippen molar-refractivity contribution in [3.05, 3.63) is 11.8 Å². The van der Waals surface area contributed by atoms with Gasteiger partial charge >= 0.3 is 12.5 Å². The summed E-state index contributed by atoms with van der Waals surface area (Å²) >= 11 is 0. The number of amidine groups is 1. The molecule has 2 unspecified atom stereocenters. The van der Waals surface area contributed by atoms with Crippen LogP contribution < -0.4 is 5.43 Å². The third-order valence-corrected chi connectivity index (χ3v) is 2.72. The molecule has 2 aliphatic heterocycles. The standard InChI is InChI=1S/C10H17N4O3/c1-5-16-10(15)17-9-13(3)11-8-6-7(2)12-14(8,9)4/h6,9,12H,5H2,1-4H3/q+1. The van der Waals surface area contributed by atoms with Crippen LogP contribution in [0.25, 0.3) is 0 Å². The quantitative estimate of drug-likeness (QED) is 0.565. The molecule has 0 spiro atoms. The monoisotopic (exact) mass is 241 g/mol. The molecule has 0 aromatic carbocycles. The zero-order valence-corrected chi connectivity index (χ0v) is 10.4. The first-order valence-corrected chi connectivity index (χ1v) is 5.45. The van der Waals surface area contributed by atoms with Gasteiger partial charge in [0.15, 0.2) is 0 Å². The Morgan fingerprint density at radius 2 is 2.41 bits per heavy atom. The first-order valence-electron chi connectivity index (χ1n) is 5.45. The van der Waals surface area contributed by atoms with Gasteiger partial charge in [0, 0.05) is 13.1 Å². The molecule has 1 N–H and O–H groups in total. The number of ether oxygens (including phenoxy) is 2. The maximum atomic E-state index is 11.4. The molecule has 0 aromatic rings. The summed E-state index contributed by atoms with van der Waals surface area (Å²) in [6.07, 6.45) is 0.676. The first-order chi connectivity index (χ1) is 7.97. The number of hydrazone groups is 1. The number of carbonyl (C=O) groups is 1. The van der Waals surface area contributed by atoms with Crippen molar-refractivity contribution >= 4 is 12.0 Å². The second-order valence-electron chi connectivity index (χ2n) is 4.17. The fourth-order valence-electron chi connectivity index (χ4n) is 2.04. The van der Waals surface area contributed by atoms with E-state index < -0.39 is 12.5 Å². The Morgan fingerprint density at radius 1 is 1.71 bits per heavy atom. The van der Waals surface area contributed by atoms with Crippen LogP contribution in [0.3, 0.4) is 0 Å². The molecule has 0 radical (unpaired) electrons. The van der Waals surface area contributed by atoms with Gasteiger partial charge in [-0.15, -0.1) is 9.69 Å². The molecule has 2 atom stereocenters. The number of carbonyl (C=O) groups excluding carboxylic acids is 1. The number of quaternary nitrogens is 1. The number of allylic oxidation sites excluding steroid dienone is 1. The number of nitrogens with one attached hydrogen (secondary N) is 1. The van der Waals surface area contributed by atoms with Gasteiger partial charge in [-0.25, -0.2) is 15.2 Å². The molecule has 0 bridgehead atoms. The van der Waals surface area contributed by atoms with E-state index >= 15 is 0 Å². The van der Waals surface area contributed by atoms with Crippen LogP contribution in [-0.2, 0) is 9.47 Å². The molecule has 0 aliphatic carbocycles. The summed E-state index contributed by atoms with van der Waals surface area (Å²) in [4.78, 5) is 11.4. The SMILES string of the molecule is CCOC(=O)OC1N(C)N=C2C=C(C)N[N+]21C. The lowest BCUT2D eigenvalue weighted by Gasteiger charge is -2.31. The maximum Gasteiger partial charge on any atom is 0.514 e. The van der Waals surface area contributed by atoms with Crippen molar-refractivity contribution in [1.29, 1.82) is 0 Å². The molecule has 2 aliphatic rings. The number of fused-ring (bicyclic) bond motifs is 1. The van der Waals surface area contributed by atoms with Crippen molar-refractivity contribution in [2.45, 2.75) is 20.2 Å². The van der Waals surface area contributed by atoms with Crippen LogP contribution in [0.15, 0.2) is 16.9 Å². The van der Waals surface area contributed by atoms with E-state index in [9.17, 15) is 4.79 Å². The molecule has 7 nitrogen and oxygen atoms in total. The van der Waals surface area contributed by atoms with E-state index in [1.165, 1.54) is 0 Å². The Morgan fingerprint density at radius 3 is 3.06 bits per heavy atom. The Hall–Kier alpha value is -1.76. The Kier molecular flexibility index (Phi) is 2.70. The van der Waals surface area contributed by atoms with Gasteiger partial charge in [0.05, 0.1) is 12.3 Å². The zero-order valence-electron chi connectivity index (χ0n) is 10.4. The molecule has 2 heterocycles. The molecule has 0 aromatic heterocycles. The average Bonchev–Trinajstić information content (AvgIpc) is 2.61. The number of hydrogen-bond acceptors (Lipinski definition) is 6. The van der Waals surface area contributed by atoms with Crippen molar-refractivity contribution in [1.82, 2.24) is 10.4 Å². The van der Waals surface area contributed by atoms with E-state index in [1.54, 1.807) is 19.0 Å². The minimum absolute atomic E-state index is 0.223. The van der Waals surface area contributed by atoms with Crippen LogP contribution in [0.4, 0.5) is 4.79 Å². The summed E-state index contributed by atoms with van der Waals surface area (Å²) in [5, 5.41) is 5.92. The van der Waals surface area contributed by atoms with Gasteiger partial charge in [0.25, 0.3) is 5.84 Å². The van der Waals surface area contributed by atoms with E-state index in [-0.39, 0.29) is 11.2 Å². The van der Waals surface area contributed by atoms with Gasteiger partial charge in [-0.2, -0.15) is 0 Å². The summed E-state index contributed by atoms with van der Waals surface area (Å²) in [6.45, 7) is 3.96. The minimum atomic E-state index is -0.688. The molecule has 2 rings (SSSR count). The Labute approximate surface area is 99.8 Å². The highest BCUT2D eigenvalue weighted by molar-refractivity contribution is 5.89. The smallest absolute Gasteiger partial charge is 0.434 e. The van der Waals surface area contributed by atoms with E-state index in [0.29, 0.717) is 0 Å². The van der Waals surface area contributed by atoms with Gasteiger partial charge in [0.1, 0.15) is 7.05 Å². The summed E-state index contributed by atoms with van der Waals surface area (Å²) in [5.41, 5.74) is 4.20. The molecule has 0 saturated carbocycles. The third-order valence-electron chi connectivity index (χ3n) is 2.72. The van der Waals surface area contributed by atoms with Gasteiger partial charge in [-0.1, -0.05) is 0 Å². The predicted molar refractivity (Wildman–Crippen MR) is 60.2 cm³/mol. The fourth-order valence-corrected chi connectivity index (χ4v) is 2.04. The second-order valence-corrected chi connectivity index (χ2v) is 4.17. The van der Waals surface area contributed by atoms with Crippen LogP contribution >= 0.6 is 0 Å². The van der Waals surface area contributed by atoms with Crippen LogP contribution in [0.5, 0.6) is 0 Å². The van der Waals surface area contributed by atoms with E-state index in [2.05, 4.69) is 10.5 Å². The number of hydrogen-bond donors (Lipinski definition) is 1. The average molecular weight is 241 g/mol.